The molecule has 0 atom stereocenters. The van der Waals surface area contributed by atoms with Crippen molar-refractivity contribution >= 4 is 22.4 Å². The van der Waals surface area contributed by atoms with Crippen LogP contribution < -0.4 is 11.0 Å². The number of benzene rings is 2. The summed E-state index contributed by atoms with van der Waals surface area (Å²) in [4.78, 5) is 34.3. The molecule has 8 nitrogen and oxygen atoms in total. The lowest BCUT2D eigenvalue weighted by Gasteiger charge is -2.08. The molecule has 0 aliphatic rings. The normalized spacial score (nSPS) is 10.5. The Morgan fingerprint density at radius 2 is 1.83 bits per heavy atom. The molecule has 120 valence electrons. The van der Waals surface area contributed by atoms with Gasteiger partial charge in [-0.2, -0.15) is 0 Å². The van der Waals surface area contributed by atoms with E-state index in [1.807, 2.05) is 0 Å². The van der Waals surface area contributed by atoms with E-state index in [4.69, 9.17) is 5.21 Å². The highest BCUT2D eigenvalue weighted by Gasteiger charge is 2.10. The summed E-state index contributed by atoms with van der Waals surface area (Å²) in [6.07, 6.45) is 1.55. The third kappa shape index (κ3) is 2.61. The van der Waals surface area contributed by atoms with E-state index in [0.717, 1.165) is 0 Å². The maximum atomic E-state index is 12.6. The summed E-state index contributed by atoms with van der Waals surface area (Å²) in [6.45, 7) is 0. The van der Waals surface area contributed by atoms with Crippen LogP contribution in [0, 0.1) is 10.1 Å². The molecule has 0 aliphatic carbocycles. The molecular weight excluding hydrogens is 314 g/mol. The van der Waals surface area contributed by atoms with Crippen LogP contribution in [0.3, 0.4) is 0 Å². The fourth-order valence-electron chi connectivity index (χ4n) is 2.38. The number of amides is 1. The molecule has 1 aromatic heterocycles. The van der Waals surface area contributed by atoms with Gasteiger partial charge in [0.15, 0.2) is 0 Å². The lowest BCUT2D eigenvalue weighted by molar-refractivity contribution is -0.384. The minimum atomic E-state index is -0.720. The zero-order valence-corrected chi connectivity index (χ0v) is 12.2. The Balaban J connectivity index is 2.15. The number of nitro groups is 1. The molecule has 0 saturated carbocycles. The second-order valence-corrected chi connectivity index (χ2v) is 5.01. The van der Waals surface area contributed by atoms with Gasteiger partial charge in [-0.25, -0.2) is 5.48 Å². The van der Waals surface area contributed by atoms with Crippen molar-refractivity contribution in [3.8, 4) is 5.69 Å². The molecule has 1 heterocycles. The molecule has 2 aromatic carbocycles. The Hall–Kier alpha value is -3.52. The molecule has 8 heteroatoms. The quantitative estimate of drug-likeness (QED) is 0.434. The van der Waals surface area contributed by atoms with Crippen LogP contribution >= 0.6 is 0 Å². The van der Waals surface area contributed by atoms with E-state index in [1.54, 1.807) is 18.3 Å². The summed E-state index contributed by atoms with van der Waals surface area (Å²) in [5, 5.41) is 20.3. The molecule has 0 radical (unpaired) electrons. The summed E-state index contributed by atoms with van der Waals surface area (Å²) >= 11 is 0. The molecule has 24 heavy (non-hydrogen) atoms. The minimum Gasteiger partial charge on any atom is -0.288 e. The number of hydroxylamine groups is 1. The first-order valence-electron chi connectivity index (χ1n) is 6.86. The molecule has 0 bridgehead atoms. The number of hydrogen-bond donors (Lipinski definition) is 2. The van der Waals surface area contributed by atoms with Crippen LogP contribution in [-0.2, 0) is 0 Å². The van der Waals surface area contributed by atoms with Crippen molar-refractivity contribution in [1.29, 1.82) is 0 Å². The number of pyridine rings is 1. The van der Waals surface area contributed by atoms with Crippen LogP contribution in [0.5, 0.6) is 0 Å². The van der Waals surface area contributed by atoms with Crippen molar-refractivity contribution in [1.82, 2.24) is 10.0 Å². The predicted molar refractivity (Wildman–Crippen MR) is 85.5 cm³/mol. The van der Waals surface area contributed by atoms with E-state index in [0.29, 0.717) is 11.1 Å². The fraction of sp³-hybridized carbons (Fsp3) is 0. The molecule has 2 N–H and O–H groups in total. The average Bonchev–Trinajstić information content (AvgIpc) is 2.61. The van der Waals surface area contributed by atoms with Gasteiger partial charge in [0.1, 0.15) is 0 Å². The smallest absolute Gasteiger partial charge is 0.274 e. The van der Waals surface area contributed by atoms with Crippen LogP contribution in [0.2, 0.25) is 0 Å². The SMILES string of the molecule is O=C(NO)c1ccc2ccn(-c3ccc([N+](=O)[O-])cc3)c(=O)c2c1. The number of non-ortho nitro benzene ring substituents is 1. The van der Waals surface area contributed by atoms with E-state index in [1.165, 1.54) is 46.4 Å². The number of nitrogens with zero attached hydrogens (tertiary/aromatic N) is 2. The maximum absolute atomic E-state index is 12.6. The largest absolute Gasteiger partial charge is 0.288 e. The van der Waals surface area contributed by atoms with Crippen molar-refractivity contribution in [2.45, 2.75) is 0 Å². The molecule has 3 rings (SSSR count). The van der Waals surface area contributed by atoms with Gasteiger partial charge < -0.3 is 0 Å². The van der Waals surface area contributed by atoms with Crippen molar-refractivity contribution < 1.29 is 14.9 Å². The van der Waals surface area contributed by atoms with Crippen LogP contribution in [0.1, 0.15) is 10.4 Å². The summed E-state index contributed by atoms with van der Waals surface area (Å²) in [7, 11) is 0. The highest BCUT2D eigenvalue weighted by Crippen LogP contribution is 2.17. The third-order valence-corrected chi connectivity index (χ3v) is 3.61. The molecule has 3 aromatic rings. The summed E-state index contributed by atoms with van der Waals surface area (Å²) < 4.78 is 1.33. The van der Waals surface area contributed by atoms with Crippen molar-refractivity contribution in [3.63, 3.8) is 0 Å². The Morgan fingerprint density at radius 3 is 2.46 bits per heavy atom. The highest BCUT2D eigenvalue weighted by molar-refractivity contribution is 5.97. The first-order chi connectivity index (χ1) is 11.5. The fourth-order valence-corrected chi connectivity index (χ4v) is 2.38. The standard InChI is InChI=1S/C16H11N3O5/c20-15(17-22)11-2-1-10-7-8-18(16(21)14(10)9-11)12-3-5-13(6-4-12)19(23)24/h1-9,22H,(H,17,20). The van der Waals surface area contributed by atoms with Gasteiger partial charge in [0.25, 0.3) is 17.2 Å². The molecule has 0 spiro atoms. The Labute approximate surface area is 134 Å². The van der Waals surface area contributed by atoms with Gasteiger partial charge in [-0.15, -0.1) is 0 Å². The van der Waals surface area contributed by atoms with Gasteiger partial charge in [-0.05, 0) is 35.7 Å². The summed E-state index contributed by atoms with van der Waals surface area (Å²) in [5.41, 5.74) is 1.67. The lowest BCUT2D eigenvalue weighted by atomic mass is 10.1. The number of aromatic nitrogens is 1. The molecule has 1 amide bonds. The molecule has 0 aliphatic heterocycles. The number of hydrogen-bond acceptors (Lipinski definition) is 5. The molecule has 0 unspecified atom stereocenters. The summed E-state index contributed by atoms with van der Waals surface area (Å²) in [5.74, 6) is -0.720. The topological polar surface area (TPSA) is 114 Å². The monoisotopic (exact) mass is 325 g/mol. The lowest BCUT2D eigenvalue weighted by Crippen LogP contribution is -2.20. The zero-order valence-electron chi connectivity index (χ0n) is 12.2. The third-order valence-electron chi connectivity index (χ3n) is 3.61. The summed E-state index contributed by atoms with van der Waals surface area (Å²) in [6, 6.07) is 11.7. The number of carbonyl (C=O) groups is 1. The van der Waals surface area contributed by atoms with Crippen LogP contribution in [0.15, 0.2) is 59.5 Å². The average molecular weight is 325 g/mol. The van der Waals surface area contributed by atoms with Crippen molar-refractivity contribution in [3.05, 3.63) is 80.8 Å². The first-order valence-corrected chi connectivity index (χ1v) is 6.86. The van der Waals surface area contributed by atoms with Crippen LogP contribution in [-0.4, -0.2) is 20.6 Å². The van der Waals surface area contributed by atoms with E-state index >= 15 is 0 Å². The van der Waals surface area contributed by atoms with Gasteiger partial charge in [-0.3, -0.25) is 29.5 Å². The number of nitrogens with one attached hydrogen (secondary N) is 1. The van der Waals surface area contributed by atoms with E-state index < -0.39 is 10.8 Å². The number of carbonyl (C=O) groups excluding carboxylic acids is 1. The maximum Gasteiger partial charge on any atom is 0.274 e. The Bertz CT molecular complexity index is 1010. The number of rotatable bonds is 3. The number of nitro benzene ring substituents is 1. The van der Waals surface area contributed by atoms with Gasteiger partial charge in [0.05, 0.1) is 4.92 Å². The Kier molecular flexibility index (Phi) is 3.80. The van der Waals surface area contributed by atoms with Gasteiger partial charge in [0, 0.05) is 35.0 Å². The van der Waals surface area contributed by atoms with E-state index in [2.05, 4.69) is 0 Å². The van der Waals surface area contributed by atoms with E-state index in [-0.39, 0.29) is 22.2 Å². The second-order valence-electron chi connectivity index (χ2n) is 5.01. The van der Waals surface area contributed by atoms with Crippen molar-refractivity contribution in [2.75, 3.05) is 0 Å². The van der Waals surface area contributed by atoms with Gasteiger partial charge in [0.2, 0.25) is 0 Å². The highest BCUT2D eigenvalue weighted by atomic mass is 16.6. The first kappa shape index (κ1) is 15.4. The van der Waals surface area contributed by atoms with Crippen LogP contribution in [0.4, 0.5) is 5.69 Å². The molecular formula is C16H11N3O5. The Morgan fingerprint density at radius 1 is 1.12 bits per heavy atom. The van der Waals surface area contributed by atoms with Crippen LogP contribution in [0.25, 0.3) is 16.5 Å². The van der Waals surface area contributed by atoms with Gasteiger partial charge in [-0.1, -0.05) is 6.07 Å². The second kappa shape index (κ2) is 5.94. The van der Waals surface area contributed by atoms with Gasteiger partial charge >= 0.3 is 0 Å². The minimum absolute atomic E-state index is 0.0745. The zero-order chi connectivity index (χ0) is 17.3. The number of fused-ring (bicyclic) bond motifs is 1. The van der Waals surface area contributed by atoms with Crippen molar-refractivity contribution in [2.24, 2.45) is 0 Å². The predicted octanol–water partition coefficient (Wildman–Crippen LogP) is 2.02. The molecule has 0 fully saturated rings. The van der Waals surface area contributed by atoms with E-state index in [9.17, 15) is 19.7 Å². The molecule has 0 saturated heterocycles.